The Morgan fingerprint density at radius 1 is 1.26 bits per heavy atom. The van der Waals surface area contributed by atoms with Gasteiger partial charge in [-0.1, -0.05) is 0 Å². The number of aromatic nitrogens is 3. The van der Waals surface area contributed by atoms with Gasteiger partial charge in [-0.25, -0.2) is 9.97 Å². The van der Waals surface area contributed by atoms with Crippen molar-refractivity contribution in [1.82, 2.24) is 29.3 Å². The van der Waals surface area contributed by atoms with Gasteiger partial charge in [0.1, 0.15) is 10.7 Å². The maximum absolute atomic E-state index is 12.5. The van der Waals surface area contributed by atoms with Gasteiger partial charge in [0.15, 0.2) is 0 Å². The Balaban J connectivity index is 1.23. The third-order valence-electron chi connectivity index (χ3n) is 7.22. The summed E-state index contributed by atoms with van der Waals surface area (Å²) in [4.78, 5) is 14.1. The second-order valence-electron chi connectivity index (χ2n) is 9.38. The van der Waals surface area contributed by atoms with Crippen LogP contribution in [0.5, 0.6) is 0 Å². The molecule has 2 fully saturated rings. The molecule has 5 heterocycles. The van der Waals surface area contributed by atoms with Crippen molar-refractivity contribution in [1.29, 1.82) is 0 Å². The number of anilines is 1. The second kappa shape index (κ2) is 8.85. The van der Waals surface area contributed by atoms with Crippen LogP contribution in [0.15, 0.2) is 18.5 Å². The van der Waals surface area contributed by atoms with Gasteiger partial charge < -0.3 is 20.7 Å². The van der Waals surface area contributed by atoms with Crippen LogP contribution in [0.2, 0.25) is 0 Å². The highest BCUT2D eigenvalue weighted by molar-refractivity contribution is 7.87. The minimum atomic E-state index is -3.53. The Morgan fingerprint density at radius 3 is 2.85 bits per heavy atom. The molecule has 0 aromatic carbocycles. The average molecular weight is 504 g/mol. The molecule has 1 aliphatic carbocycles. The third-order valence-corrected chi connectivity index (χ3v) is 9.96. The van der Waals surface area contributed by atoms with Crippen LogP contribution in [-0.4, -0.2) is 71.6 Å². The number of H-pyrrole nitrogens is 1. The van der Waals surface area contributed by atoms with Crippen molar-refractivity contribution in [3.05, 3.63) is 29.0 Å². The molecular formula is C22H29N7O3S2. The van der Waals surface area contributed by atoms with E-state index >= 15 is 0 Å². The van der Waals surface area contributed by atoms with Crippen molar-refractivity contribution in [3.8, 4) is 10.6 Å². The van der Waals surface area contributed by atoms with Crippen LogP contribution in [0, 0.1) is 11.8 Å². The van der Waals surface area contributed by atoms with Gasteiger partial charge in [-0.05, 0) is 37.2 Å². The molecule has 12 heteroatoms. The lowest BCUT2D eigenvalue weighted by molar-refractivity contribution is 0.299. The number of nitrogens with one attached hydrogen (secondary N) is 4. The number of hydrogen-bond acceptors (Lipinski definition) is 8. The lowest BCUT2D eigenvalue weighted by atomic mass is 10.0. The Morgan fingerprint density at radius 2 is 2.09 bits per heavy atom. The number of aliphatic hydroxyl groups is 1. The van der Waals surface area contributed by atoms with Gasteiger partial charge in [-0.2, -0.15) is 17.4 Å². The van der Waals surface area contributed by atoms with Gasteiger partial charge in [0.05, 0.1) is 23.6 Å². The molecule has 1 saturated carbocycles. The summed E-state index contributed by atoms with van der Waals surface area (Å²) in [6.45, 7) is 2.70. The van der Waals surface area contributed by atoms with E-state index in [1.54, 1.807) is 11.3 Å². The Hall–Kier alpha value is -2.09. The second-order valence-corrected chi connectivity index (χ2v) is 12.2. The van der Waals surface area contributed by atoms with Crippen LogP contribution in [-0.2, 0) is 23.2 Å². The first-order chi connectivity index (χ1) is 16.5. The smallest absolute Gasteiger partial charge is 0.279 e. The number of rotatable bonds is 7. The molecular weight excluding hydrogens is 474 g/mol. The molecule has 1 saturated heterocycles. The zero-order chi connectivity index (χ0) is 23.3. The predicted molar refractivity (Wildman–Crippen MR) is 132 cm³/mol. The third kappa shape index (κ3) is 4.01. The number of hydrogen-bond donors (Lipinski definition) is 5. The number of fused-ring (bicyclic) bond motifs is 3. The summed E-state index contributed by atoms with van der Waals surface area (Å²) in [5.74, 6) is 0.655. The number of pyridine rings is 1. The fourth-order valence-electron chi connectivity index (χ4n) is 5.61. The monoisotopic (exact) mass is 503 g/mol. The first-order valence-electron chi connectivity index (χ1n) is 11.8. The number of aliphatic hydroxyl groups excluding tert-OH is 1. The number of aromatic amines is 1. The highest BCUT2D eigenvalue weighted by Gasteiger charge is 2.44. The zero-order valence-corrected chi connectivity index (χ0v) is 20.4. The van der Waals surface area contributed by atoms with Crippen molar-refractivity contribution in [3.63, 3.8) is 0 Å². The molecule has 34 heavy (non-hydrogen) atoms. The van der Waals surface area contributed by atoms with E-state index in [-0.39, 0.29) is 19.2 Å². The molecule has 1 unspecified atom stereocenters. The van der Waals surface area contributed by atoms with E-state index in [9.17, 15) is 8.42 Å². The van der Waals surface area contributed by atoms with Gasteiger partial charge >= 0.3 is 0 Å². The minimum Gasteiger partial charge on any atom is -0.395 e. The Kier molecular flexibility index (Phi) is 5.82. The molecule has 10 nitrogen and oxygen atoms in total. The maximum atomic E-state index is 12.5. The first kappa shape index (κ1) is 22.4. The van der Waals surface area contributed by atoms with Crippen LogP contribution >= 0.6 is 11.3 Å². The van der Waals surface area contributed by atoms with Gasteiger partial charge in [0.2, 0.25) is 0 Å². The molecule has 0 bridgehead atoms. The van der Waals surface area contributed by atoms with Gasteiger partial charge in [0.25, 0.3) is 10.2 Å². The largest absolute Gasteiger partial charge is 0.395 e. The van der Waals surface area contributed by atoms with Gasteiger partial charge in [0, 0.05) is 61.4 Å². The van der Waals surface area contributed by atoms with Crippen molar-refractivity contribution in [2.75, 3.05) is 38.1 Å². The molecule has 182 valence electrons. The molecule has 5 N–H and O–H groups in total. The lowest BCUT2D eigenvalue weighted by Crippen LogP contribution is -2.41. The highest BCUT2D eigenvalue weighted by Crippen LogP contribution is 2.43. The quantitative estimate of drug-likeness (QED) is 0.328. The number of nitrogens with zero attached hydrogens (tertiary/aromatic N) is 3. The fourth-order valence-corrected chi connectivity index (χ4v) is 8.01. The van der Waals surface area contributed by atoms with E-state index in [1.807, 2.05) is 12.4 Å². The van der Waals surface area contributed by atoms with Crippen LogP contribution in [0.25, 0.3) is 21.6 Å². The van der Waals surface area contributed by atoms with E-state index in [0.29, 0.717) is 24.9 Å². The van der Waals surface area contributed by atoms with E-state index in [4.69, 9.17) is 10.1 Å². The first-order valence-corrected chi connectivity index (χ1v) is 14.1. The van der Waals surface area contributed by atoms with Crippen molar-refractivity contribution >= 4 is 38.3 Å². The number of thiazole rings is 1. The normalized spacial score (nSPS) is 25.0. The van der Waals surface area contributed by atoms with Crippen LogP contribution in [0.3, 0.4) is 0 Å². The van der Waals surface area contributed by atoms with Crippen LogP contribution in [0.4, 0.5) is 5.69 Å². The minimum absolute atomic E-state index is 0.0477. The van der Waals surface area contributed by atoms with Gasteiger partial charge in [-0.15, -0.1) is 11.3 Å². The molecule has 2 aliphatic heterocycles. The Labute approximate surface area is 202 Å². The molecule has 0 spiro atoms. The molecule has 3 aromatic rings. The summed E-state index contributed by atoms with van der Waals surface area (Å²) in [6.07, 6.45) is 6.67. The van der Waals surface area contributed by atoms with E-state index in [2.05, 4.69) is 31.4 Å². The molecule has 3 aliphatic rings. The molecule has 0 amide bonds. The molecule has 6 rings (SSSR count). The van der Waals surface area contributed by atoms with Crippen LogP contribution < -0.4 is 15.4 Å². The molecule has 3 atom stereocenters. The van der Waals surface area contributed by atoms with E-state index < -0.39 is 10.2 Å². The standard InChI is InChI=1S/C22H29N7O3S2/c30-6-5-26-34(31,32)29-11-13-7-15(8-14(13)12-29)27-20-16-1-4-24-21(16)25-9-17(20)22-28-18-10-23-3-2-19(18)33-22/h1,4,9,13-15,23,26,30H,2-3,5-8,10-12H2,(H2,24,25,27)/t13-,14+,15?. The van der Waals surface area contributed by atoms with Gasteiger partial charge in [-0.3, -0.25) is 0 Å². The summed E-state index contributed by atoms with van der Waals surface area (Å²) in [7, 11) is -3.53. The Bertz CT molecular complexity index is 1270. The van der Waals surface area contributed by atoms with Crippen molar-refractivity contribution < 1.29 is 13.5 Å². The predicted octanol–water partition coefficient (Wildman–Crippen LogP) is 1.28. The van der Waals surface area contributed by atoms with Crippen LogP contribution in [0.1, 0.15) is 23.4 Å². The maximum Gasteiger partial charge on any atom is 0.279 e. The summed E-state index contributed by atoms with van der Waals surface area (Å²) in [6, 6.07) is 2.32. The molecule has 3 aromatic heterocycles. The van der Waals surface area contributed by atoms with Crippen molar-refractivity contribution in [2.45, 2.75) is 31.8 Å². The summed E-state index contributed by atoms with van der Waals surface area (Å²) in [5.41, 5.74) is 4.07. The topological polar surface area (TPSA) is 135 Å². The average Bonchev–Trinajstić information content (AvgIpc) is 3.59. The highest BCUT2D eigenvalue weighted by atomic mass is 32.2. The summed E-state index contributed by atoms with van der Waals surface area (Å²) in [5, 5.41) is 18.2. The lowest BCUT2D eigenvalue weighted by Gasteiger charge is -2.21. The van der Waals surface area contributed by atoms with E-state index in [1.165, 1.54) is 9.18 Å². The van der Waals surface area contributed by atoms with E-state index in [0.717, 1.165) is 65.3 Å². The van der Waals surface area contributed by atoms with Crippen molar-refractivity contribution in [2.24, 2.45) is 11.8 Å². The zero-order valence-electron chi connectivity index (χ0n) is 18.7. The summed E-state index contributed by atoms with van der Waals surface area (Å²) < 4.78 is 28.9. The molecule has 0 radical (unpaired) electrons. The summed E-state index contributed by atoms with van der Waals surface area (Å²) >= 11 is 1.76. The fraction of sp³-hybridized carbons (Fsp3) is 0.545. The SMILES string of the molecule is O=S(=O)(NCCO)N1C[C@H]2CC(Nc3c(-c4nc5c(s4)CCNC5)cnc4[nH]ccc34)C[C@H]2C1.